The molecule has 7 nitrogen and oxygen atoms in total. The molecule has 0 unspecified atom stereocenters. The Morgan fingerprint density at radius 1 is 0.864 bits per heavy atom. The molecule has 0 fully saturated rings. The Hall–Kier alpha value is -4.66. The summed E-state index contributed by atoms with van der Waals surface area (Å²) in [5.41, 5.74) is 9.71. The Kier molecular flexibility index (Phi) is 9.04. The van der Waals surface area contributed by atoms with Crippen LogP contribution in [0.1, 0.15) is 44.0 Å². The molecule has 0 saturated carbocycles. The van der Waals surface area contributed by atoms with Crippen molar-refractivity contribution >= 4 is 39.4 Å². The third kappa shape index (κ3) is 6.61. The number of carbonyl (C=O) groups is 1. The van der Waals surface area contributed by atoms with E-state index in [9.17, 15) is 13.2 Å². The molecule has 1 heterocycles. The highest BCUT2D eigenvalue weighted by Gasteiger charge is 2.28. The number of aromatic nitrogens is 1. The van der Waals surface area contributed by atoms with Gasteiger partial charge in [0.25, 0.3) is 15.9 Å². The number of benzene rings is 4. The van der Waals surface area contributed by atoms with E-state index in [1.807, 2.05) is 39.0 Å². The van der Waals surface area contributed by atoms with Crippen molar-refractivity contribution in [2.45, 2.75) is 39.1 Å². The summed E-state index contributed by atoms with van der Waals surface area (Å²) in [6.07, 6.45) is 1.60. The van der Waals surface area contributed by atoms with Crippen LogP contribution in [-0.4, -0.2) is 25.1 Å². The van der Waals surface area contributed by atoms with Crippen molar-refractivity contribution in [3.63, 3.8) is 0 Å². The molecule has 1 aromatic heterocycles. The Bertz CT molecular complexity index is 1950. The summed E-state index contributed by atoms with van der Waals surface area (Å²) in [6, 6.07) is 30.4. The van der Waals surface area contributed by atoms with E-state index in [4.69, 9.17) is 11.6 Å². The summed E-state index contributed by atoms with van der Waals surface area (Å²) in [4.78, 5) is 13.6. The van der Waals surface area contributed by atoms with Crippen LogP contribution in [0.5, 0.6) is 0 Å². The number of aryl methyl sites for hydroxylation is 3. The highest BCUT2D eigenvalue weighted by Crippen LogP contribution is 2.30. The molecule has 0 aliphatic carbocycles. The molecule has 4 aromatic carbocycles. The number of hydrogen-bond acceptors (Lipinski definition) is 4. The fourth-order valence-electron chi connectivity index (χ4n) is 5.08. The van der Waals surface area contributed by atoms with E-state index >= 15 is 0 Å². The number of nitrogens with zero attached hydrogens (tertiary/aromatic N) is 3. The van der Waals surface area contributed by atoms with Gasteiger partial charge in [0.05, 0.1) is 28.9 Å². The van der Waals surface area contributed by atoms with Crippen LogP contribution in [0.15, 0.2) is 113 Å². The van der Waals surface area contributed by atoms with E-state index in [1.54, 1.807) is 79.0 Å². The molecule has 0 radical (unpaired) electrons. The fraction of sp³-hybridized carbons (Fsp3) is 0.143. The molecule has 9 heteroatoms. The summed E-state index contributed by atoms with van der Waals surface area (Å²) < 4.78 is 31.5. The van der Waals surface area contributed by atoms with Crippen LogP contribution < -0.4 is 9.73 Å². The van der Waals surface area contributed by atoms with E-state index in [1.165, 1.54) is 4.31 Å². The SMILES string of the molecule is Cc1ccc(S(=O)(=O)N(Cc2ccc(Cl)cc2)c2ccccc2C(=O)N/N=C\c2cc(C)n(-c3cccc(C)c3)c2C)cc1. The summed E-state index contributed by atoms with van der Waals surface area (Å²) >= 11 is 6.08. The smallest absolute Gasteiger partial charge is 0.273 e. The normalized spacial score (nSPS) is 11.6. The molecule has 0 spiro atoms. The second-order valence-electron chi connectivity index (χ2n) is 10.7. The van der Waals surface area contributed by atoms with Crippen LogP contribution in [0, 0.1) is 27.7 Å². The summed E-state index contributed by atoms with van der Waals surface area (Å²) in [7, 11) is -4.06. The second kappa shape index (κ2) is 12.9. The van der Waals surface area contributed by atoms with Gasteiger partial charge in [-0.05, 0) is 93.4 Å². The Morgan fingerprint density at radius 2 is 1.57 bits per heavy atom. The molecule has 0 aliphatic rings. The van der Waals surface area contributed by atoms with Gasteiger partial charge >= 0.3 is 0 Å². The first kappa shape index (κ1) is 30.8. The molecule has 1 amide bonds. The molecule has 44 heavy (non-hydrogen) atoms. The average Bonchev–Trinajstić information content (AvgIpc) is 3.29. The highest BCUT2D eigenvalue weighted by molar-refractivity contribution is 7.92. The third-order valence-corrected chi connectivity index (χ3v) is 9.39. The number of hydrazone groups is 1. The van der Waals surface area contributed by atoms with Crippen molar-refractivity contribution in [1.82, 2.24) is 9.99 Å². The van der Waals surface area contributed by atoms with Gasteiger partial charge in [-0.25, -0.2) is 13.8 Å². The van der Waals surface area contributed by atoms with Crippen molar-refractivity contribution < 1.29 is 13.2 Å². The predicted molar refractivity (Wildman–Crippen MR) is 177 cm³/mol. The maximum Gasteiger partial charge on any atom is 0.273 e. The molecule has 0 saturated heterocycles. The molecule has 5 aromatic rings. The van der Waals surface area contributed by atoms with Crippen LogP contribution in [0.25, 0.3) is 5.69 Å². The quantitative estimate of drug-likeness (QED) is 0.136. The number of carbonyl (C=O) groups excluding carboxylic acids is 1. The lowest BCUT2D eigenvalue weighted by Crippen LogP contribution is -2.33. The summed E-state index contributed by atoms with van der Waals surface area (Å²) in [5.74, 6) is -0.537. The first-order valence-electron chi connectivity index (χ1n) is 14.1. The lowest BCUT2D eigenvalue weighted by molar-refractivity contribution is 0.0955. The molecular weight excluding hydrogens is 592 g/mol. The van der Waals surface area contributed by atoms with Gasteiger partial charge in [-0.1, -0.05) is 65.7 Å². The van der Waals surface area contributed by atoms with E-state index in [-0.39, 0.29) is 22.7 Å². The van der Waals surface area contributed by atoms with Gasteiger partial charge in [0.1, 0.15) is 0 Å². The van der Waals surface area contributed by atoms with Gasteiger partial charge in [-0.3, -0.25) is 9.10 Å². The molecule has 1 N–H and O–H groups in total. The number of anilines is 1. The zero-order valence-corrected chi connectivity index (χ0v) is 26.5. The first-order valence-corrected chi connectivity index (χ1v) is 15.9. The van der Waals surface area contributed by atoms with Crippen LogP contribution in [-0.2, 0) is 16.6 Å². The monoisotopic (exact) mass is 624 g/mol. The Morgan fingerprint density at radius 3 is 2.27 bits per heavy atom. The van der Waals surface area contributed by atoms with E-state index in [0.29, 0.717) is 10.6 Å². The van der Waals surface area contributed by atoms with Gasteiger partial charge in [-0.2, -0.15) is 5.10 Å². The number of halogens is 1. The van der Waals surface area contributed by atoms with Gasteiger partial charge in [0.15, 0.2) is 0 Å². The standard InChI is InChI=1S/C35H33ClN4O3S/c1-24-12-18-32(19-13-24)44(42,43)39(23-28-14-16-30(36)17-15-28)34-11-6-5-10-33(34)35(41)38-37-22-29-21-26(3)40(27(29)4)31-9-7-8-25(2)20-31/h5-22H,23H2,1-4H3,(H,38,41)/b37-22-. The number of hydrogen-bond donors (Lipinski definition) is 1. The number of rotatable bonds is 9. The zero-order chi connectivity index (χ0) is 31.4. The van der Waals surface area contributed by atoms with Crippen molar-refractivity contribution in [1.29, 1.82) is 0 Å². The number of nitrogens with one attached hydrogen (secondary N) is 1. The summed E-state index contributed by atoms with van der Waals surface area (Å²) in [6.45, 7) is 7.95. The third-order valence-electron chi connectivity index (χ3n) is 7.37. The maximum atomic E-state index is 14.0. The Balaban J connectivity index is 1.46. The minimum Gasteiger partial charge on any atom is -0.318 e. The van der Waals surface area contributed by atoms with Crippen LogP contribution in [0.3, 0.4) is 0 Å². The van der Waals surface area contributed by atoms with E-state index < -0.39 is 15.9 Å². The molecular formula is C35H33ClN4O3S. The lowest BCUT2D eigenvalue weighted by Gasteiger charge is -2.26. The number of amides is 1. The lowest BCUT2D eigenvalue weighted by atomic mass is 10.1. The minimum atomic E-state index is -4.06. The minimum absolute atomic E-state index is 0.00805. The number of para-hydroxylation sites is 1. The van der Waals surface area contributed by atoms with Crippen molar-refractivity contribution in [2.75, 3.05) is 4.31 Å². The molecule has 224 valence electrons. The summed E-state index contributed by atoms with van der Waals surface area (Å²) in [5, 5.41) is 4.79. The number of sulfonamides is 1. The van der Waals surface area contributed by atoms with Crippen molar-refractivity contribution in [3.8, 4) is 5.69 Å². The average molecular weight is 625 g/mol. The zero-order valence-electron chi connectivity index (χ0n) is 25.0. The van der Waals surface area contributed by atoms with Gasteiger partial charge in [0.2, 0.25) is 0 Å². The molecule has 5 rings (SSSR count). The highest BCUT2D eigenvalue weighted by atomic mass is 35.5. The second-order valence-corrected chi connectivity index (χ2v) is 13.0. The maximum absolute atomic E-state index is 14.0. The Labute approximate surface area is 263 Å². The fourth-order valence-corrected chi connectivity index (χ4v) is 6.68. The van der Waals surface area contributed by atoms with Gasteiger partial charge < -0.3 is 4.57 Å². The van der Waals surface area contributed by atoms with Crippen molar-refractivity contribution in [3.05, 3.63) is 147 Å². The van der Waals surface area contributed by atoms with E-state index in [0.717, 1.165) is 33.8 Å². The predicted octanol–water partition coefficient (Wildman–Crippen LogP) is 7.52. The topological polar surface area (TPSA) is 83.8 Å². The molecule has 0 aliphatic heterocycles. The first-order chi connectivity index (χ1) is 21.0. The largest absolute Gasteiger partial charge is 0.318 e. The molecule has 0 atom stereocenters. The van der Waals surface area contributed by atoms with Crippen LogP contribution >= 0.6 is 11.6 Å². The van der Waals surface area contributed by atoms with Crippen LogP contribution in [0.4, 0.5) is 5.69 Å². The van der Waals surface area contributed by atoms with Crippen molar-refractivity contribution in [2.24, 2.45) is 5.10 Å². The van der Waals surface area contributed by atoms with E-state index in [2.05, 4.69) is 34.2 Å². The van der Waals surface area contributed by atoms with Gasteiger partial charge in [0, 0.05) is 27.7 Å². The molecule has 0 bridgehead atoms. The van der Waals surface area contributed by atoms with Crippen LogP contribution in [0.2, 0.25) is 5.02 Å². The van der Waals surface area contributed by atoms with Gasteiger partial charge in [-0.15, -0.1) is 0 Å².